The first kappa shape index (κ1) is 13.0. The standard InChI is InChI=1S/C13H17BrFNO/c14-13-8-11(15)4-3-10(13)9-16-6-5-12-2-1-7-17-12/h3-4,8,12,16H,1-2,5-7,9H2. The third-order valence-electron chi connectivity index (χ3n) is 3.00. The van der Waals surface area contributed by atoms with Crippen molar-refractivity contribution in [3.8, 4) is 0 Å². The molecule has 2 nitrogen and oxygen atoms in total. The Labute approximate surface area is 110 Å². The fraction of sp³-hybridized carbons (Fsp3) is 0.538. The first-order valence-electron chi connectivity index (χ1n) is 6.02. The summed E-state index contributed by atoms with van der Waals surface area (Å²) in [5.41, 5.74) is 1.08. The molecule has 1 saturated heterocycles. The van der Waals surface area contributed by atoms with E-state index in [-0.39, 0.29) is 5.82 Å². The molecule has 0 aromatic heterocycles. The van der Waals surface area contributed by atoms with Crippen LogP contribution in [0.1, 0.15) is 24.8 Å². The molecular formula is C13H17BrFNO. The molecule has 1 fully saturated rings. The van der Waals surface area contributed by atoms with Crippen molar-refractivity contribution in [1.82, 2.24) is 5.32 Å². The van der Waals surface area contributed by atoms with Gasteiger partial charge in [0.1, 0.15) is 5.82 Å². The Balaban J connectivity index is 1.70. The van der Waals surface area contributed by atoms with Crippen LogP contribution in [0, 0.1) is 5.82 Å². The van der Waals surface area contributed by atoms with E-state index in [2.05, 4.69) is 21.2 Å². The minimum atomic E-state index is -0.208. The van der Waals surface area contributed by atoms with Gasteiger partial charge in [-0.3, -0.25) is 0 Å². The van der Waals surface area contributed by atoms with Gasteiger partial charge >= 0.3 is 0 Å². The van der Waals surface area contributed by atoms with Gasteiger partial charge in [0.2, 0.25) is 0 Å². The summed E-state index contributed by atoms with van der Waals surface area (Å²) in [6.07, 6.45) is 3.86. The average molecular weight is 302 g/mol. The molecule has 1 aromatic carbocycles. The van der Waals surface area contributed by atoms with Crippen LogP contribution in [0.2, 0.25) is 0 Å². The normalized spacial score (nSPS) is 19.8. The minimum Gasteiger partial charge on any atom is -0.378 e. The molecular weight excluding hydrogens is 285 g/mol. The number of rotatable bonds is 5. The highest BCUT2D eigenvalue weighted by Crippen LogP contribution is 2.18. The predicted molar refractivity (Wildman–Crippen MR) is 69.4 cm³/mol. The van der Waals surface area contributed by atoms with E-state index < -0.39 is 0 Å². The van der Waals surface area contributed by atoms with Crippen molar-refractivity contribution in [2.45, 2.75) is 31.9 Å². The molecule has 0 radical (unpaired) electrons. The molecule has 0 amide bonds. The molecule has 0 bridgehead atoms. The van der Waals surface area contributed by atoms with Gasteiger partial charge in [0, 0.05) is 17.6 Å². The molecule has 0 spiro atoms. The summed E-state index contributed by atoms with van der Waals surface area (Å²) in [5.74, 6) is -0.208. The molecule has 1 N–H and O–H groups in total. The molecule has 2 rings (SSSR count). The summed E-state index contributed by atoms with van der Waals surface area (Å²) >= 11 is 3.36. The van der Waals surface area contributed by atoms with Crippen LogP contribution in [-0.2, 0) is 11.3 Å². The SMILES string of the molecule is Fc1ccc(CNCCC2CCCO2)c(Br)c1. The molecule has 0 aliphatic carbocycles. The highest BCUT2D eigenvalue weighted by molar-refractivity contribution is 9.10. The highest BCUT2D eigenvalue weighted by Gasteiger charge is 2.14. The van der Waals surface area contributed by atoms with Gasteiger partial charge < -0.3 is 10.1 Å². The lowest BCUT2D eigenvalue weighted by molar-refractivity contribution is 0.104. The maximum absolute atomic E-state index is 12.9. The second-order valence-electron chi connectivity index (χ2n) is 4.34. The van der Waals surface area contributed by atoms with E-state index in [0.717, 1.165) is 36.2 Å². The van der Waals surface area contributed by atoms with Gasteiger partial charge in [-0.25, -0.2) is 4.39 Å². The Morgan fingerprint density at radius 3 is 3.06 bits per heavy atom. The highest BCUT2D eigenvalue weighted by atomic mass is 79.9. The maximum atomic E-state index is 12.9. The maximum Gasteiger partial charge on any atom is 0.124 e. The van der Waals surface area contributed by atoms with E-state index in [1.165, 1.54) is 25.0 Å². The van der Waals surface area contributed by atoms with E-state index in [4.69, 9.17) is 4.74 Å². The van der Waals surface area contributed by atoms with Crippen molar-refractivity contribution >= 4 is 15.9 Å². The largest absolute Gasteiger partial charge is 0.378 e. The summed E-state index contributed by atoms with van der Waals surface area (Å²) in [4.78, 5) is 0. The van der Waals surface area contributed by atoms with Crippen LogP contribution in [0.3, 0.4) is 0 Å². The zero-order valence-electron chi connectivity index (χ0n) is 9.72. The number of hydrogen-bond donors (Lipinski definition) is 1. The number of nitrogens with one attached hydrogen (secondary N) is 1. The summed E-state index contributed by atoms with van der Waals surface area (Å²) in [5, 5.41) is 3.36. The third kappa shape index (κ3) is 4.05. The molecule has 94 valence electrons. The monoisotopic (exact) mass is 301 g/mol. The minimum absolute atomic E-state index is 0.208. The first-order valence-corrected chi connectivity index (χ1v) is 6.81. The van der Waals surface area contributed by atoms with Crippen LogP contribution < -0.4 is 5.32 Å². The zero-order chi connectivity index (χ0) is 12.1. The van der Waals surface area contributed by atoms with Gasteiger partial charge in [0.15, 0.2) is 0 Å². The average Bonchev–Trinajstić information content (AvgIpc) is 2.79. The van der Waals surface area contributed by atoms with Crippen molar-refractivity contribution in [1.29, 1.82) is 0 Å². The van der Waals surface area contributed by atoms with Crippen molar-refractivity contribution < 1.29 is 9.13 Å². The number of ether oxygens (including phenoxy) is 1. The second-order valence-corrected chi connectivity index (χ2v) is 5.19. The Morgan fingerprint density at radius 2 is 2.35 bits per heavy atom. The van der Waals surface area contributed by atoms with Gasteiger partial charge in [-0.2, -0.15) is 0 Å². The van der Waals surface area contributed by atoms with E-state index >= 15 is 0 Å². The predicted octanol–water partition coefficient (Wildman–Crippen LogP) is 3.25. The van der Waals surface area contributed by atoms with Crippen molar-refractivity contribution in [2.75, 3.05) is 13.2 Å². The Morgan fingerprint density at radius 1 is 1.47 bits per heavy atom. The Kier molecular flexibility index (Phi) is 4.95. The van der Waals surface area contributed by atoms with Gasteiger partial charge in [0.25, 0.3) is 0 Å². The number of hydrogen-bond acceptors (Lipinski definition) is 2. The smallest absolute Gasteiger partial charge is 0.124 e. The molecule has 17 heavy (non-hydrogen) atoms. The quantitative estimate of drug-likeness (QED) is 0.843. The lowest BCUT2D eigenvalue weighted by Gasteiger charge is -2.10. The Hall–Kier alpha value is -0.450. The topological polar surface area (TPSA) is 21.3 Å². The van der Waals surface area contributed by atoms with E-state index in [1.807, 2.05) is 0 Å². The fourth-order valence-electron chi connectivity index (χ4n) is 2.02. The molecule has 0 saturated carbocycles. The Bertz CT molecular complexity index is 366. The van der Waals surface area contributed by atoms with Gasteiger partial charge in [-0.15, -0.1) is 0 Å². The van der Waals surface area contributed by atoms with E-state index in [1.54, 1.807) is 6.07 Å². The van der Waals surface area contributed by atoms with Crippen LogP contribution in [0.4, 0.5) is 4.39 Å². The molecule has 1 atom stereocenters. The number of benzene rings is 1. The van der Waals surface area contributed by atoms with Crippen LogP contribution >= 0.6 is 15.9 Å². The fourth-order valence-corrected chi connectivity index (χ4v) is 2.51. The summed E-state index contributed by atoms with van der Waals surface area (Å²) in [7, 11) is 0. The van der Waals surface area contributed by atoms with Crippen LogP contribution in [0.15, 0.2) is 22.7 Å². The van der Waals surface area contributed by atoms with Crippen LogP contribution in [-0.4, -0.2) is 19.3 Å². The summed E-state index contributed by atoms with van der Waals surface area (Å²) in [6, 6.07) is 4.79. The summed E-state index contributed by atoms with van der Waals surface area (Å²) < 4.78 is 19.2. The van der Waals surface area contributed by atoms with Crippen LogP contribution in [0.5, 0.6) is 0 Å². The molecule has 1 aliphatic heterocycles. The third-order valence-corrected chi connectivity index (χ3v) is 3.74. The van der Waals surface area contributed by atoms with Gasteiger partial charge in [0.05, 0.1) is 6.10 Å². The zero-order valence-corrected chi connectivity index (χ0v) is 11.3. The summed E-state index contributed by atoms with van der Waals surface area (Å²) in [6.45, 7) is 2.61. The molecule has 1 heterocycles. The first-order chi connectivity index (χ1) is 8.25. The molecule has 4 heteroatoms. The molecule has 1 aliphatic rings. The molecule has 1 aromatic rings. The van der Waals surface area contributed by atoms with Crippen LogP contribution in [0.25, 0.3) is 0 Å². The van der Waals surface area contributed by atoms with Crippen molar-refractivity contribution in [2.24, 2.45) is 0 Å². The van der Waals surface area contributed by atoms with Gasteiger partial charge in [-0.1, -0.05) is 22.0 Å². The van der Waals surface area contributed by atoms with E-state index in [0.29, 0.717) is 6.10 Å². The second kappa shape index (κ2) is 6.47. The molecule has 1 unspecified atom stereocenters. The number of halogens is 2. The van der Waals surface area contributed by atoms with Crippen molar-refractivity contribution in [3.63, 3.8) is 0 Å². The lowest BCUT2D eigenvalue weighted by Crippen LogP contribution is -2.20. The van der Waals surface area contributed by atoms with Gasteiger partial charge in [-0.05, 0) is 43.5 Å². The van der Waals surface area contributed by atoms with E-state index in [9.17, 15) is 4.39 Å². The van der Waals surface area contributed by atoms with Crippen molar-refractivity contribution in [3.05, 3.63) is 34.1 Å². The lowest BCUT2D eigenvalue weighted by atomic mass is 10.2.